The molecule has 6 aliphatic rings. The largest absolute Gasteiger partial charge is 0.483 e. The second-order valence-electron chi connectivity index (χ2n) is 16.4. The molecule has 1 amide bonds. The van der Waals surface area contributed by atoms with Crippen LogP contribution in [0.15, 0.2) is 49.1 Å². The molecule has 10 rings (SSSR count). The number of benzene rings is 2. The van der Waals surface area contributed by atoms with Crippen LogP contribution in [0, 0.1) is 48.5 Å². The van der Waals surface area contributed by atoms with Gasteiger partial charge in [-0.15, -0.1) is 0 Å². The molecular weight excluding hydrogens is 835 g/mol. The van der Waals surface area contributed by atoms with E-state index in [9.17, 15) is 13.6 Å². The summed E-state index contributed by atoms with van der Waals surface area (Å²) < 4.78 is 70.6. The minimum absolute atomic E-state index is 0.0161. The molecule has 4 bridgehead atoms. The number of carbonyl (C=O) groups excluding carboxylic acids is 1. The van der Waals surface area contributed by atoms with E-state index in [-0.39, 0.29) is 71.9 Å². The van der Waals surface area contributed by atoms with Gasteiger partial charge in [0.1, 0.15) is 49.7 Å². The average Bonchev–Trinajstić information content (AvgIpc) is 3.29. The fourth-order valence-corrected chi connectivity index (χ4v) is 8.95. The molecule has 0 spiro atoms. The number of piperidine rings is 2. The van der Waals surface area contributed by atoms with E-state index >= 15 is 0 Å². The number of rotatable bonds is 7. The molecule has 2 aromatic heterocycles. The van der Waals surface area contributed by atoms with Gasteiger partial charge in [0.05, 0.1) is 70.1 Å². The third-order valence-corrected chi connectivity index (χ3v) is 11.8. The molecule has 8 heterocycles. The van der Waals surface area contributed by atoms with Crippen molar-refractivity contribution in [3.63, 3.8) is 0 Å². The Kier molecular flexibility index (Phi) is 12.4. The lowest BCUT2D eigenvalue weighted by Crippen LogP contribution is -2.58. The zero-order valence-electron chi connectivity index (χ0n) is 35.2. The maximum atomic E-state index is 14.8. The second kappa shape index (κ2) is 18.6. The van der Waals surface area contributed by atoms with E-state index in [1.165, 1.54) is 24.8 Å². The lowest BCUT2D eigenvalue weighted by molar-refractivity contribution is -0.111. The molecule has 0 saturated carbocycles. The molecule has 4 fully saturated rings. The van der Waals surface area contributed by atoms with Gasteiger partial charge in [-0.3, -0.25) is 0 Å². The van der Waals surface area contributed by atoms with Gasteiger partial charge in [-0.1, -0.05) is 12.1 Å². The van der Waals surface area contributed by atoms with Crippen molar-refractivity contribution in [2.24, 2.45) is 23.7 Å². The number of carbonyl (C=O) groups is 1. The molecule has 20 heteroatoms. The van der Waals surface area contributed by atoms with Gasteiger partial charge >= 0.3 is 6.09 Å². The summed E-state index contributed by atoms with van der Waals surface area (Å²) in [5.41, 5.74) is 1.13. The van der Waals surface area contributed by atoms with E-state index in [4.69, 9.17) is 46.3 Å². The fourth-order valence-electron chi connectivity index (χ4n) is 8.95. The molecule has 4 saturated heterocycles. The number of hydrogen-bond acceptors (Lipinski definition) is 15. The molecule has 0 aliphatic carbocycles. The van der Waals surface area contributed by atoms with Gasteiger partial charge in [-0.25, -0.2) is 33.2 Å². The first-order valence-electron chi connectivity index (χ1n) is 21.2. The van der Waals surface area contributed by atoms with Crippen molar-refractivity contribution in [3.05, 3.63) is 83.5 Å². The summed E-state index contributed by atoms with van der Waals surface area (Å²) in [4.78, 5) is 41.5. The minimum Gasteiger partial charge on any atom is -0.483 e. The van der Waals surface area contributed by atoms with Crippen LogP contribution in [0.4, 0.5) is 48.0 Å². The SMILES string of the molecule is [C-]#[N+]c1ccc(N2CCOc3c(OC4C5CNCC4COC5)ncnc32)c(F)c1.[C-]#[N+]c1ccc(N2CCOc3c(OC4C5COCC4CN(C(=O)OC(C)C)C5)ncnc32)c(F)c1. The summed E-state index contributed by atoms with van der Waals surface area (Å²) in [7, 11) is 0. The maximum Gasteiger partial charge on any atom is 0.410 e. The molecule has 4 unspecified atom stereocenters. The van der Waals surface area contributed by atoms with Gasteiger partial charge in [0, 0.05) is 49.9 Å². The third kappa shape index (κ3) is 8.68. The van der Waals surface area contributed by atoms with Crippen LogP contribution in [0.1, 0.15) is 13.8 Å². The Hall–Kier alpha value is -6.61. The predicted octanol–water partition coefficient (Wildman–Crippen LogP) is 5.88. The summed E-state index contributed by atoms with van der Waals surface area (Å²) in [5, 5.41) is 3.41. The van der Waals surface area contributed by atoms with Crippen LogP contribution >= 0.6 is 0 Å². The molecule has 1 N–H and O–H groups in total. The highest BCUT2D eigenvalue weighted by molar-refractivity contribution is 5.72. The summed E-state index contributed by atoms with van der Waals surface area (Å²) in [6.45, 7) is 24.0. The predicted molar refractivity (Wildman–Crippen MR) is 225 cm³/mol. The summed E-state index contributed by atoms with van der Waals surface area (Å²) in [6, 6.07) is 8.75. The van der Waals surface area contributed by atoms with Gasteiger partial charge in [-0.2, -0.15) is 9.97 Å². The number of likely N-dealkylation sites (tertiary alicyclic amines) is 1. The van der Waals surface area contributed by atoms with Crippen molar-refractivity contribution in [1.82, 2.24) is 30.2 Å². The number of nitrogens with zero attached hydrogens (tertiary/aromatic N) is 9. The molecular formula is C44H46F2N10O8. The highest BCUT2D eigenvalue weighted by Crippen LogP contribution is 2.45. The monoisotopic (exact) mass is 880 g/mol. The molecule has 334 valence electrons. The number of anilines is 4. The van der Waals surface area contributed by atoms with E-state index in [1.807, 2.05) is 13.8 Å². The van der Waals surface area contributed by atoms with Crippen LogP contribution in [0.2, 0.25) is 0 Å². The molecule has 0 radical (unpaired) electrons. The summed E-state index contributed by atoms with van der Waals surface area (Å²) in [5.74, 6) is 1.64. The maximum absolute atomic E-state index is 14.8. The first-order valence-corrected chi connectivity index (χ1v) is 21.2. The number of aromatic nitrogens is 4. The van der Waals surface area contributed by atoms with Crippen molar-refractivity contribution < 1.29 is 46.7 Å². The van der Waals surface area contributed by atoms with Crippen molar-refractivity contribution in [1.29, 1.82) is 0 Å². The van der Waals surface area contributed by atoms with Crippen LogP contribution < -0.4 is 34.1 Å². The Balaban J connectivity index is 0.000000165. The third-order valence-electron chi connectivity index (χ3n) is 11.8. The molecule has 4 atom stereocenters. The number of ether oxygens (including phenoxy) is 7. The molecule has 4 aromatic rings. The number of fused-ring (bicyclic) bond motifs is 6. The summed E-state index contributed by atoms with van der Waals surface area (Å²) in [6.07, 6.45) is 2.00. The highest BCUT2D eigenvalue weighted by Gasteiger charge is 2.45. The smallest absolute Gasteiger partial charge is 0.410 e. The van der Waals surface area contributed by atoms with Crippen molar-refractivity contribution in [2.45, 2.75) is 32.2 Å². The Labute approximate surface area is 368 Å². The Bertz CT molecular complexity index is 2420. The Morgan fingerprint density at radius 1 is 0.734 bits per heavy atom. The van der Waals surface area contributed by atoms with Crippen LogP contribution in [0.5, 0.6) is 23.3 Å². The molecule has 18 nitrogen and oxygen atoms in total. The van der Waals surface area contributed by atoms with Crippen LogP contribution in [0.25, 0.3) is 9.69 Å². The van der Waals surface area contributed by atoms with E-state index in [0.717, 1.165) is 13.1 Å². The lowest BCUT2D eigenvalue weighted by Gasteiger charge is -2.46. The Morgan fingerprint density at radius 3 is 1.66 bits per heavy atom. The quantitative estimate of drug-likeness (QED) is 0.219. The topological polar surface area (TPSA) is 164 Å². The van der Waals surface area contributed by atoms with Crippen LogP contribution in [-0.4, -0.2) is 128 Å². The minimum atomic E-state index is -0.514. The first kappa shape index (κ1) is 42.7. The van der Waals surface area contributed by atoms with Crippen molar-refractivity contribution >= 4 is 40.5 Å². The van der Waals surface area contributed by atoms with Crippen LogP contribution in [0.3, 0.4) is 0 Å². The van der Waals surface area contributed by atoms with Crippen LogP contribution in [-0.2, 0) is 14.2 Å². The van der Waals surface area contributed by atoms with Crippen molar-refractivity contribution in [2.75, 3.05) is 88.7 Å². The zero-order valence-corrected chi connectivity index (χ0v) is 35.2. The second-order valence-corrected chi connectivity index (χ2v) is 16.4. The number of hydrogen-bond donors (Lipinski definition) is 1. The zero-order chi connectivity index (χ0) is 44.3. The molecule has 2 aromatic carbocycles. The molecule has 64 heavy (non-hydrogen) atoms. The molecule has 6 aliphatic heterocycles. The average molecular weight is 881 g/mol. The van der Waals surface area contributed by atoms with Gasteiger partial charge < -0.3 is 53.2 Å². The highest BCUT2D eigenvalue weighted by atomic mass is 19.1. The van der Waals surface area contributed by atoms with Gasteiger partial charge in [0.25, 0.3) is 11.8 Å². The van der Waals surface area contributed by atoms with Gasteiger partial charge in [0.15, 0.2) is 23.0 Å². The number of nitrogens with one attached hydrogen (secondary N) is 1. The lowest BCUT2D eigenvalue weighted by atomic mass is 9.84. The van der Waals surface area contributed by atoms with E-state index in [0.29, 0.717) is 99.6 Å². The normalized spacial score (nSPS) is 24.3. The van der Waals surface area contributed by atoms with Gasteiger partial charge in [-0.05, 0) is 38.1 Å². The fraction of sp³-hybridized carbons (Fsp3) is 0.477. The number of halogens is 2. The Morgan fingerprint density at radius 2 is 1.20 bits per heavy atom. The number of amides is 1. The van der Waals surface area contributed by atoms with E-state index in [2.05, 4.69) is 34.9 Å². The van der Waals surface area contributed by atoms with Gasteiger partial charge in [0.2, 0.25) is 11.5 Å². The van der Waals surface area contributed by atoms with E-state index in [1.54, 1.807) is 39.0 Å². The first-order chi connectivity index (χ1) is 31.2. The summed E-state index contributed by atoms with van der Waals surface area (Å²) >= 11 is 0. The van der Waals surface area contributed by atoms with Crippen molar-refractivity contribution in [3.8, 4) is 23.3 Å². The van der Waals surface area contributed by atoms with E-state index < -0.39 is 11.6 Å². The standard InChI is InChI=1S/C24H26FN5O5.C20H20FN5O3/c1-14(2)34-24(31)29-9-15-11-32-12-16(10-29)20(15)35-23-21-22(27-13-28-23)30(6-7-33-21)19-5-4-17(26-3)8-18(19)25;1-22-14-2-3-16(15(21)6-14)26-4-5-28-18-19(26)24-11-25-20(18)29-17-12-7-23-8-13(17)10-27-9-12/h4-5,8,13-16,20H,6-7,9-12H2,1-2H3;2-3,6,11-13,17,23H,4-5,7-10H2.